The van der Waals surface area contributed by atoms with Gasteiger partial charge in [0.1, 0.15) is 22.4 Å². The van der Waals surface area contributed by atoms with Crippen LogP contribution >= 0.6 is 11.3 Å². The highest BCUT2D eigenvalue weighted by Crippen LogP contribution is 2.37. The van der Waals surface area contributed by atoms with E-state index in [4.69, 9.17) is 4.74 Å². The quantitative estimate of drug-likeness (QED) is 0.678. The van der Waals surface area contributed by atoms with Gasteiger partial charge >= 0.3 is 0 Å². The number of thiazole rings is 1. The normalized spacial score (nSPS) is 16.3. The summed E-state index contributed by atoms with van der Waals surface area (Å²) in [5, 5.41) is 4.02. The third kappa shape index (κ3) is 2.54. The minimum absolute atomic E-state index is 0.393. The van der Waals surface area contributed by atoms with Crippen LogP contribution in [0, 0.1) is 11.8 Å². The van der Waals surface area contributed by atoms with Crippen molar-refractivity contribution < 1.29 is 4.74 Å². The second-order valence-corrected chi connectivity index (χ2v) is 6.38. The number of nitrogens with zero attached hydrogens (tertiary/aromatic N) is 5. The van der Waals surface area contributed by atoms with Gasteiger partial charge in [-0.15, -0.1) is 11.3 Å². The number of nitroso groups, excluding NO2 is 1. The van der Waals surface area contributed by atoms with E-state index in [2.05, 4.69) is 25.1 Å². The number of hydrogen-bond acceptors (Lipinski definition) is 8. The SMILES string of the molecule is Cc1nc(-c2cccnc2)sc1-c1cnc2c(n1)C(N=O)CCO2. The van der Waals surface area contributed by atoms with Crippen molar-refractivity contribution in [3.63, 3.8) is 0 Å². The fourth-order valence-electron chi connectivity index (χ4n) is 2.58. The van der Waals surface area contributed by atoms with Gasteiger partial charge in [0.25, 0.3) is 0 Å². The van der Waals surface area contributed by atoms with Crippen LogP contribution in [0.1, 0.15) is 23.9 Å². The van der Waals surface area contributed by atoms with E-state index in [1.165, 1.54) is 11.3 Å². The Bertz CT molecular complexity index is 897. The number of aryl methyl sites for hydroxylation is 1. The first-order valence-electron chi connectivity index (χ1n) is 7.46. The van der Waals surface area contributed by atoms with Crippen LogP contribution in [0.3, 0.4) is 0 Å². The smallest absolute Gasteiger partial charge is 0.238 e. The van der Waals surface area contributed by atoms with E-state index in [-0.39, 0.29) is 0 Å². The van der Waals surface area contributed by atoms with Crippen molar-refractivity contribution >= 4 is 11.3 Å². The monoisotopic (exact) mass is 339 g/mol. The summed E-state index contributed by atoms with van der Waals surface area (Å²) in [5.41, 5.74) is 3.00. The summed E-state index contributed by atoms with van der Waals surface area (Å²) in [4.78, 5) is 29.6. The molecule has 0 amide bonds. The Morgan fingerprint density at radius 3 is 3.04 bits per heavy atom. The van der Waals surface area contributed by atoms with Gasteiger partial charge in [-0.2, -0.15) is 4.91 Å². The molecule has 7 nitrogen and oxygen atoms in total. The summed E-state index contributed by atoms with van der Waals surface area (Å²) in [7, 11) is 0. The minimum Gasteiger partial charge on any atom is -0.476 e. The van der Waals surface area contributed by atoms with Crippen molar-refractivity contribution in [2.75, 3.05) is 6.61 Å². The van der Waals surface area contributed by atoms with Crippen LogP contribution < -0.4 is 4.74 Å². The molecule has 1 aliphatic rings. The van der Waals surface area contributed by atoms with Gasteiger partial charge in [-0.1, -0.05) is 5.18 Å². The molecule has 0 fully saturated rings. The Balaban J connectivity index is 1.77. The highest BCUT2D eigenvalue weighted by atomic mass is 32.1. The Morgan fingerprint density at radius 2 is 2.25 bits per heavy atom. The van der Waals surface area contributed by atoms with E-state index >= 15 is 0 Å². The maximum absolute atomic E-state index is 11.0. The molecule has 4 heterocycles. The molecule has 3 aromatic heterocycles. The highest BCUT2D eigenvalue weighted by molar-refractivity contribution is 7.18. The number of ether oxygens (including phenoxy) is 1. The van der Waals surface area contributed by atoms with Gasteiger partial charge in [0, 0.05) is 24.4 Å². The lowest BCUT2D eigenvalue weighted by molar-refractivity contribution is 0.253. The van der Waals surface area contributed by atoms with Crippen LogP contribution in [0.2, 0.25) is 0 Å². The average molecular weight is 339 g/mol. The molecule has 0 aliphatic carbocycles. The number of hydrogen-bond donors (Lipinski definition) is 0. The predicted molar refractivity (Wildman–Crippen MR) is 89.8 cm³/mol. The fraction of sp³-hybridized carbons (Fsp3) is 0.250. The van der Waals surface area contributed by atoms with E-state index in [0.717, 1.165) is 21.1 Å². The van der Waals surface area contributed by atoms with Crippen LogP contribution in [-0.4, -0.2) is 26.5 Å². The zero-order valence-corrected chi connectivity index (χ0v) is 13.7. The molecule has 0 spiro atoms. The average Bonchev–Trinajstić information content (AvgIpc) is 3.03. The van der Waals surface area contributed by atoms with Crippen molar-refractivity contribution in [3.8, 4) is 27.0 Å². The van der Waals surface area contributed by atoms with Gasteiger partial charge in [0.2, 0.25) is 5.88 Å². The fourth-order valence-corrected chi connectivity index (χ4v) is 3.59. The molecule has 1 atom stereocenters. The molecule has 120 valence electrons. The van der Waals surface area contributed by atoms with E-state index in [9.17, 15) is 4.91 Å². The molecule has 0 N–H and O–H groups in total. The van der Waals surface area contributed by atoms with Gasteiger partial charge in [-0.25, -0.2) is 15.0 Å². The third-order valence-corrected chi connectivity index (χ3v) is 5.00. The lowest BCUT2D eigenvalue weighted by Crippen LogP contribution is -2.15. The summed E-state index contributed by atoms with van der Waals surface area (Å²) in [6.07, 6.45) is 5.68. The molecule has 0 saturated carbocycles. The van der Waals surface area contributed by atoms with Crippen molar-refractivity contribution in [2.24, 2.45) is 5.18 Å². The van der Waals surface area contributed by atoms with Crippen LogP contribution in [0.5, 0.6) is 5.88 Å². The Labute approximate surface area is 141 Å². The zero-order chi connectivity index (χ0) is 16.5. The topological polar surface area (TPSA) is 90.2 Å². The summed E-state index contributed by atoms with van der Waals surface area (Å²) < 4.78 is 5.46. The van der Waals surface area contributed by atoms with Gasteiger partial charge < -0.3 is 4.74 Å². The molecule has 4 rings (SSSR count). The van der Waals surface area contributed by atoms with Gasteiger partial charge in [0.05, 0.1) is 23.4 Å². The predicted octanol–water partition coefficient (Wildman–Crippen LogP) is 3.56. The lowest BCUT2D eigenvalue weighted by Gasteiger charge is -2.19. The molecular formula is C16H13N5O2S. The van der Waals surface area contributed by atoms with Crippen molar-refractivity contribution in [1.82, 2.24) is 19.9 Å². The first-order valence-corrected chi connectivity index (χ1v) is 8.28. The van der Waals surface area contributed by atoms with Gasteiger partial charge in [0.15, 0.2) is 0 Å². The van der Waals surface area contributed by atoms with Gasteiger partial charge in [-0.05, 0) is 19.1 Å². The van der Waals surface area contributed by atoms with Crippen molar-refractivity contribution in [2.45, 2.75) is 19.4 Å². The molecule has 1 aliphatic heterocycles. The number of fused-ring (bicyclic) bond motifs is 1. The molecule has 3 aromatic rings. The maximum atomic E-state index is 11.0. The Morgan fingerprint density at radius 1 is 1.33 bits per heavy atom. The number of rotatable bonds is 3. The largest absolute Gasteiger partial charge is 0.476 e. The molecule has 24 heavy (non-hydrogen) atoms. The molecular weight excluding hydrogens is 326 g/mol. The summed E-state index contributed by atoms with van der Waals surface area (Å²) in [6, 6.07) is 3.34. The first kappa shape index (κ1) is 14.8. The molecule has 0 bridgehead atoms. The molecule has 0 saturated heterocycles. The van der Waals surface area contributed by atoms with Crippen LogP contribution in [-0.2, 0) is 0 Å². The Hall–Kier alpha value is -2.74. The van der Waals surface area contributed by atoms with Crippen molar-refractivity contribution in [3.05, 3.63) is 47.0 Å². The standard InChI is InChI=1S/C16H13N5O2S/c1-9-14(24-16(19-9)10-3-2-5-17-7-10)12-8-18-15-13(20-12)11(21-22)4-6-23-15/h2-3,5,7-8,11H,4,6H2,1H3. The van der Waals surface area contributed by atoms with E-state index in [1.807, 2.05) is 19.1 Å². The zero-order valence-electron chi connectivity index (χ0n) is 12.8. The summed E-state index contributed by atoms with van der Waals surface area (Å²) in [5.74, 6) is 0.393. The van der Waals surface area contributed by atoms with E-state index in [1.54, 1.807) is 18.6 Å². The first-order chi connectivity index (χ1) is 11.8. The Kier molecular flexibility index (Phi) is 3.73. The minimum atomic E-state index is -0.507. The van der Waals surface area contributed by atoms with E-state index in [0.29, 0.717) is 30.3 Å². The lowest BCUT2D eigenvalue weighted by atomic mass is 10.1. The second kappa shape index (κ2) is 6.04. The number of pyridine rings is 1. The third-order valence-electron chi connectivity index (χ3n) is 3.77. The molecule has 0 radical (unpaired) electrons. The molecule has 1 unspecified atom stereocenters. The van der Waals surface area contributed by atoms with Gasteiger partial charge in [-0.3, -0.25) is 4.98 Å². The van der Waals surface area contributed by atoms with Crippen LogP contribution in [0.4, 0.5) is 0 Å². The number of aromatic nitrogens is 4. The summed E-state index contributed by atoms with van der Waals surface area (Å²) in [6.45, 7) is 2.36. The maximum Gasteiger partial charge on any atom is 0.238 e. The van der Waals surface area contributed by atoms with E-state index < -0.39 is 6.04 Å². The van der Waals surface area contributed by atoms with Crippen LogP contribution in [0.25, 0.3) is 21.1 Å². The molecule has 8 heteroatoms. The summed E-state index contributed by atoms with van der Waals surface area (Å²) >= 11 is 1.52. The van der Waals surface area contributed by atoms with Crippen molar-refractivity contribution in [1.29, 1.82) is 0 Å². The van der Waals surface area contributed by atoms with Crippen LogP contribution in [0.15, 0.2) is 35.9 Å². The second-order valence-electron chi connectivity index (χ2n) is 5.38. The molecule has 0 aromatic carbocycles. The highest BCUT2D eigenvalue weighted by Gasteiger charge is 2.26.